The summed E-state index contributed by atoms with van der Waals surface area (Å²) in [6, 6.07) is 0. The minimum Gasteiger partial charge on any atom is -0.382 e. The van der Waals surface area contributed by atoms with Gasteiger partial charge in [0.2, 0.25) is 0 Å². The molecule has 0 saturated carbocycles. The standard InChI is InChI=1S/C14H23N3O3/c1-3-15-14-11-10-20-6-4-12(11)16-13(17-14)5-7-19-9-8-18-2/h3-10H2,1-2H3,(H,15,16,17). The molecule has 2 heterocycles. The van der Waals surface area contributed by atoms with Crippen LogP contribution in [0.2, 0.25) is 0 Å². The van der Waals surface area contributed by atoms with E-state index in [1.165, 1.54) is 0 Å². The maximum absolute atomic E-state index is 5.49. The van der Waals surface area contributed by atoms with Crippen molar-refractivity contribution in [1.82, 2.24) is 9.97 Å². The average Bonchev–Trinajstić information content (AvgIpc) is 2.47. The molecule has 0 aliphatic carbocycles. The normalized spacial score (nSPS) is 14.1. The molecule has 1 aliphatic rings. The van der Waals surface area contributed by atoms with Crippen molar-refractivity contribution >= 4 is 5.82 Å². The molecule has 1 aromatic heterocycles. The summed E-state index contributed by atoms with van der Waals surface area (Å²) in [4.78, 5) is 9.21. The van der Waals surface area contributed by atoms with Gasteiger partial charge >= 0.3 is 0 Å². The molecule has 0 unspecified atom stereocenters. The summed E-state index contributed by atoms with van der Waals surface area (Å²) in [6.07, 6.45) is 1.57. The Morgan fingerprint density at radius 3 is 2.95 bits per heavy atom. The van der Waals surface area contributed by atoms with E-state index in [-0.39, 0.29) is 0 Å². The van der Waals surface area contributed by atoms with Crippen LogP contribution in [-0.4, -0.2) is 50.1 Å². The Hall–Kier alpha value is -1.24. The van der Waals surface area contributed by atoms with Gasteiger partial charge in [-0.3, -0.25) is 0 Å². The zero-order valence-electron chi connectivity index (χ0n) is 12.3. The van der Waals surface area contributed by atoms with E-state index in [0.717, 1.165) is 48.9 Å². The molecule has 0 spiro atoms. The number of ether oxygens (including phenoxy) is 3. The third kappa shape index (κ3) is 4.13. The van der Waals surface area contributed by atoms with Crippen molar-refractivity contribution in [1.29, 1.82) is 0 Å². The number of nitrogens with zero attached hydrogens (tertiary/aromatic N) is 2. The second-order valence-electron chi connectivity index (χ2n) is 4.60. The predicted octanol–water partition coefficient (Wildman–Crippen LogP) is 1.19. The molecule has 1 aromatic rings. The van der Waals surface area contributed by atoms with E-state index in [1.807, 2.05) is 0 Å². The summed E-state index contributed by atoms with van der Waals surface area (Å²) < 4.78 is 15.9. The Labute approximate surface area is 119 Å². The van der Waals surface area contributed by atoms with Crippen molar-refractivity contribution in [3.8, 4) is 0 Å². The smallest absolute Gasteiger partial charge is 0.135 e. The predicted molar refractivity (Wildman–Crippen MR) is 76.0 cm³/mol. The van der Waals surface area contributed by atoms with Gasteiger partial charge in [-0.25, -0.2) is 9.97 Å². The number of methoxy groups -OCH3 is 1. The molecule has 1 N–H and O–H groups in total. The molecule has 112 valence electrons. The Kier molecular flexibility index (Phi) is 6.17. The van der Waals surface area contributed by atoms with Crippen molar-refractivity contribution in [2.45, 2.75) is 26.4 Å². The molecule has 2 rings (SSSR count). The molecule has 0 aromatic carbocycles. The van der Waals surface area contributed by atoms with Crippen LogP contribution in [0.15, 0.2) is 0 Å². The highest BCUT2D eigenvalue weighted by molar-refractivity contribution is 5.47. The van der Waals surface area contributed by atoms with Gasteiger partial charge in [-0.15, -0.1) is 0 Å². The third-order valence-corrected chi connectivity index (χ3v) is 3.11. The number of fused-ring (bicyclic) bond motifs is 1. The van der Waals surface area contributed by atoms with Crippen LogP contribution in [0.1, 0.15) is 24.0 Å². The average molecular weight is 281 g/mol. The molecule has 0 fully saturated rings. The Balaban J connectivity index is 2.00. The number of rotatable bonds is 8. The minimum atomic E-state index is 0.599. The lowest BCUT2D eigenvalue weighted by atomic mass is 10.1. The molecule has 1 aliphatic heterocycles. The highest BCUT2D eigenvalue weighted by Crippen LogP contribution is 2.22. The monoisotopic (exact) mass is 281 g/mol. The van der Waals surface area contributed by atoms with E-state index in [1.54, 1.807) is 7.11 Å². The quantitative estimate of drug-likeness (QED) is 0.722. The van der Waals surface area contributed by atoms with E-state index >= 15 is 0 Å². The molecule has 6 nitrogen and oxygen atoms in total. The van der Waals surface area contributed by atoms with Crippen LogP contribution in [0.3, 0.4) is 0 Å². The molecule has 0 saturated heterocycles. The van der Waals surface area contributed by atoms with Crippen molar-refractivity contribution in [2.75, 3.05) is 45.4 Å². The van der Waals surface area contributed by atoms with Crippen molar-refractivity contribution < 1.29 is 14.2 Å². The summed E-state index contributed by atoms with van der Waals surface area (Å²) in [5.41, 5.74) is 2.20. The summed E-state index contributed by atoms with van der Waals surface area (Å²) in [5, 5.41) is 3.29. The van der Waals surface area contributed by atoms with Crippen LogP contribution in [0, 0.1) is 0 Å². The van der Waals surface area contributed by atoms with Crippen LogP contribution in [0.25, 0.3) is 0 Å². The maximum Gasteiger partial charge on any atom is 0.135 e. The fraction of sp³-hybridized carbons (Fsp3) is 0.714. The van der Waals surface area contributed by atoms with Gasteiger partial charge < -0.3 is 19.5 Å². The number of nitrogens with one attached hydrogen (secondary N) is 1. The van der Waals surface area contributed by atoms with E-state index in [4.69, 9.17) is 14.2 Å². The Morgan fingerprint density at radius 1 is 1.25 bits per heavy atom. The first-order valence-corrected chi connectivity index (χ1v) is 7.12. The molecule has 0 amide bonds. The SMILES string of the molecule is CCNc1nc(CCOCCOC)nc2c1COCC2. The van der Waals surface area contributed by atoms with E-state index < -0.39 is 0 Å². The molecule has 0 radical (unpaired) electrons. The van der Waals surface area contributed by atoms with Crippen molar-refractivity contribution in [3.63, 3.8) is 0 Å². The lowest BCUT2D eigenvalue weighted by Crippen LogP contribution is -2.18. The lowest BCUT2D eigenvalue weighted by Gasteiger charge is -2.19. The van der Waals surface area contributed by atoms with Gasteiger partial charge in [0, 0.05) is 32.1 Å². The topological polar surface area (TPSA) is 65.5 Å². The van der Waals surface area contributed by atoms with Crippen LogP contribution in [0.4, 0.5) is 5.82 Å². The fourth-order valence-corrected chi connectivity index (χ4v) is 2.12. The first-order valence-electron chi connectivity index (χ1n) is 7.12. The van der Waals surface area contributed by atoms with E-state index in [2.05, 4.69) is 22.2 Å². The summed E-state index contributed by atoms with van der Waals surface area (Å²) in [7, 11) is 1.67. The van der Waals surface area contributed by atoms with Gasteiger partial charge in [0.1, 0.15) is 11.6 Å². The van der Waals surface area contributed by atoms with Crippen molar-refractivity contribution in [2.24, 2.45) is 0 Å². The number of hydrogen-bond acceptors (Lipinski definition) is 6. The van der Waals surface area contributed by atoms with E-state index in [9.17, 15) is 0 Å². The number of hydrogen-bond donors (Lipinski definition) is 1. The Bertz CT molecular complexity index is 426. The first-order chi connectivity index (χ1) is 9.85. The van der Waals surface area contributed by atoms with Gasteiger partial charge in [0.25, 0.3) is 0 Å². The lowest BCUT2D eigenvalue weighted by molar-refractivity contribution is 0.0715. The molecule has 0 bridgehead atoms. The summed E-state index contributed by atoms with van der Waals surface area (Å²) >= 11 is 0. The summed E-state index contributed by atoms with van der Waals surface area (Å²) in [5.74, 6) is 1.74. The maximum atomic E-state index is 5.49. The highest BCUT2D eigenvalue weighted by Gasteiger charge is 2.17. The number of aromatic nitrogens is 2. The molecule has 20 heavy (non-hydrogen) atoms. The highest BCUT2D eigenvalue weighted by atomic mass is 16.5. The third-order valence-electron chi connectivity index (χ3n) is 3.11. The molecule has 0 atom stereocenters. The van der Waals surface area contributed by atoms with Gasteiger partial charge in [-0.1, -0.05) is 0 Å². The molecular formula is C14H23N3O3. The van der Waals surface area contributed by atoms with Gasteiger partial charge in [-0.05, 0) is 6.92 Å². The first kappa shape index (κ1) is 15.2. The Morgan fingerprint density at radius 2 is 2.15 bits per heavy atom. The van der Waals surface area contributed by atoms with Gasteiger partial charge in [0.05, 0.1) is 38.7 Å². The zero-order valence-corrected chi connectivity index (χ0v) is 12.3. The van der Waals surface area contributed by atoms with Crippen LogP contribution in [-0.2, 0) is 33.7 Å². The molecular weight excluding hydrogens is 258 g/mol. The largest absolute Gasteiger partial charge is 0.382 e. The number of anilines is 1. The second kappa shape index (κ2) is 8.14. The van der Waals surface area contributed by atoms with Crippen molar-refractivity contribution in [3.05, 3.63) is 17.1 Å². The minimum absolute atomic E-state index is 0.599. The van der Waals surface area contributed by atoms with Crippen LogP contribution >= 0.6 is 0 Å². The second-order valence-corrected chi connectivity index (χ2v) is 4.60. The van der Waals surface area contributed by atoms with E-state index in [0.29, 0.717) is 26.4 Å². The molecule has 6 heteroatoms. The van der Waals surface area contributed by atoms with Gasteiger partial charge in [0.15, 0.2) is 0 Å². The van der Waals surface area contributed by atoms with Crippen LogP contribution in [0.5, 0.6) is 0 Å². The van der Waals surface area contributed by atoms with Gasteiger partial charge in [-0.2, -0.15) is 0 Å². The summed E-state index contributed by atoms with van der Waals surface area (Å²) in [6.45, 7) is 6.07. The van der Waals surface area contributed by atoms with Crippen LogP contribution < -0.4 is 5.32 Å². The fourth-order valence-electron chi connectivity index (χ4n) is 2.12. The zero-order chi connectivity index (χ0) is 14.2.